The lowest BCUT2D eigenvalue weighted by molar-refractivity contribution is -0.189. The Hall–Kier alpha value is -1.63. The van der Waals surface area contributed by atoms with Gasteiger partial charge in [-0.1, -0.05) is 11.6 Å². The quantitative estimate of drug-likeness (QED) is 0.835. The van der Waals surface area contributed by atoms with Gasteiger partial charge in [-0.15, -0.1) is 0 Å². The van der Waals surface area contributed by atoms with Crippen LogP contribution in [-0.4, -0.2) is 48.8 Å². The van der Waals surface area contributed by atoms with Gasteiger partial charge >= 0.3 is 0 Å². The number of carbonyl (C=O) groups excluding carboxylic acids is 2. The van der Waals surface area contributed by atoms with Crippen molar-refractivity contribution in [3.8, 4) is 0 Å². The first-order valence-corrected chi connectivity index (χ1v) is 8.85. The van der Waals surface area contributed by atoms with Gasteiger partial charge < -0.3 is 19.7 Å². The van der Waals surface area contributed by atoms with Crippen molar-refractivity contribution in [2.75, 3.05) is 31.6 Å². The molecule has 0 radical (unpaired) electrons. The molecule has 1 aromatic carbocycles. The fourth-order valence-electron chi connectivity index (χ4n) is 3.15. The molecule has 0 atom stereocenters. The van der Waals surface area contributed by atoms with E-state index in [-0.39, 0.29) is 11.8 Å². The first-order valence-electron chi connectivity index (χ1n) is 8.47. The molecule has 1 aromatic rings. The molecule has 0 aliphatic carbocycles. The van der Waals surface area contributed by atoms with Crippen molar-refractivity contribution in [3.05, 3.63) is 29.3 Å². The summed E-state index contributed by atoms with van der Waals surface area (Å²) in [7, 11) is 0. The molecular formula is C18H23ClN2O4. The molecule has 2 heterocycles. The Morgan fingerprint density at radius 1 is 1.12 bits per heavy atom. The Kier molecular flexibility index (Phi) is 5.04. The molecule has 0 bridgehead atoms. The Bertz CT molecular complexity index is 644. The van der Waals surface area contributed by atoms with Crippen LogP contribution in [0.4, 0.5) is 5.69 Å². The summed E-state index contributed by atoms with van der Waals surface area (Å²) in [6.07, 6.45) is 1.27. The predicted octanol–water partition coefficient (Wildman–Crippen LogP) is 2.67. The van der Waals surface area contributed by atoms with Gasteiger partial charge in [-0.25, -0.2) is 0 Å². The maximum Gasteiger partial charge on any atom is 0.239 e. The summed E-state index contributed by atoms with van der Waals surface area (Å²) in [6, 6.07) is 6.80. The molecule has 3 rings (SSSR count). The summed E-state index contributed by atoms with van der Waals surface area (Å²) in [4.78, 5) is 27.2. The number of hydrogen-bond donors (Lipinski definition) is 1. The monoisotopic (exact) mass is 366 g/mol. The third kappa shape index (κ3) is 3.81. The summed E-state index contributed by atoms with van der Waals surface area (Å²) >= 11 is 5.85. The number of amides is 2. The van der Waals surface area contributed by atoms with Crippen LogP contribution in [0, 0.1) is 5.41 Å². The maximum absolute atomic E-state index is 12.9. The van der Waals surface area contributed by atoms with Gasteiger partial charge in [0.05, 0.1) is 13.2 Å². The molecule has 2 aliphatic rings. The summed E-state index contributed by atoms with van der Waals surface area (Å²) in [5, 5.41) is 3.37. The van der Waals surface area contributed by atoms with Crippen molar-refractivity contribution < 1.29 is 19.1 Å². The Balaban J connectivity index is 1.61. The van der Waals surface area contributed by atoms with Crippen molar-refractivity contribution in [2.45, 2.75) is 32.5 Å². The summed E-state index contributed by atoms with van der Waals surface area (Å²) in [5.41, 5.74) is -0.553. The highest BCUT2D eigenvalue weighted by Crippen LogP contribution is 2.33. The number of halogens is 1. The number of nitrogens with one attached hydrogen (secondary N) is 1. The zero-order chi connectivity index (χ0) is 18.1. The fraction of sp³-hybridized carbons (Fsp3) is 0.556. The average molecular weight is 367 g/mol. The van der Waals surface area contributed by atoms with E-state index in [1.165, 1.54) is 0 Å². The molecule has 7 heteroatoms. The Labute approximate surface area is 152 Å². The Morgan fingerprint density at radius 3 is 2.24 bits per heavy atom. The summed E-state index contributed by atoms with van der Waals surface area (Å²) < 4.78 is 11.4. The van der Waals surface area contributed by atoms with Gasteiger partial charge in [-0.2, -0.15) is 0 Å². The number of hydrogen-bond acceptors (Lipinski definition) is 4. The highest BCUT2D eigenvalue weighted by atomic mass is 35.5. The standard InChI is InChI=1S/C18H23ClN2O4/c1-17(2,15(22)20-14-5-3-13(19)4-6-14)16(23)21-9-7-18(8-10-21)24-11-12-25-18/h3-6H,7-12H2,1-2H3,(H,20,22). The molecule has 0 unspecified atom stereocenters. The second-order valence-corrected chi connectivity index (χ2v) is 7.42. The summed E-state index contributed by atoms with van der Waals surface area (Å²) in [6.45, 7) is 5.54. The highest BCUT2D eigenvalue weighted by molar-refractivity contribution is 6.30. The molecular weight excluding hydrogens is 344 g/mol. The molecule has 2 amide bonds. The molecule has 1 spiro atoms. The number of rotatable bonds is 3. The molecule has 1 N–H and O–H groups in total. The van der Waals surface area contributed by atoms with Gasteiger partial charge in [-0.05, 0) is 38.1 Å². The van der Waals surface area contributed by atoms with Gasteiger partial charge in [0.15, 0.2) is 5.79 Å². The second kappa shape index (κ2) is 6.94. The number of benzene rings is 1. The molecule has 0 aromatic heterocycles. The first kappa shape index (κ1) is 18.2. The summed E-state index contributed by atoms with van der Waals surface area (Å²) in [5.74, 6) is -1.06. The van der Waals surface area contributed by atoms with E-state index in [4.69, 9.17) is 21.1 Å². The molecule has 2 aliphatic heterocycles. The molecule has 2 fully saturated rings. The van der Waals surface area contributed by atoms with Gasteiger partial charge in [0.1, 0.15) is 5.41 Å². The number of nitrogens with zero attached hydrogens (tertiary/aromatic N) is 1. The van der Waals surface area contributed by atoms with E-state index < -0.39 is 11.2 Å². The first-order chi connectivity index (χ1) is 11.8. The predicted molar refractivity (Wildman–Crippen MR) is 94.3 cm³/mol. The zero-order valence-corrected chi connectivity index (χ0v) is 15.3. The molecule has 2 saturated heterocycles. The minimum absolute atomic E-state index is 0.188. The minimum atomic E-state index is -1.17. The van der Waals surface area contributed by atoms with E-state index in [1.807, 2.05) is 0 Å². The number of ether oxygens (including phenoxy) is 2. The van der Waals surface area contributed by atoms with Crippen molar-refractivity contribution >= 4 is 29.1 Å². The van der Waals surface area contributed by atoms with Crippen molar-refractivity contribution in [1.29, 1.82) is 0 Å². The third-order valence-corrected chi connectivity index (χ3v) is 5.08. The van der Waals surface area contributed by atoms with Crippen LogP contribution >= 0.6 is 11.6 Å². The van der Waals surface area contributed by atoms with E-state index in [1.54, 1.807) is 43.0 Å². The minimum Gasteiger partial charge on any atom is -0.347 e. The lowest BCUT2D eigenvalue weighted by Gasteiger charge is -2.40. The average Bonchev–Trinajstić information content (AvgIpc) is 3.05. The van der Waals surface area contributed by atoms with Gasteiger partial charge in [0.25, 0.3) is 0 Å². The van der Waals surface area contributed by atoms with Crippen LogP contribution in [0.25, 0.3) is 0 Å². The van der Waals surface area contributed by atoms with E-state index in [9.17, 15) is 9.59 Å². The van der Waals surface area contributed by atoms with Gasteiger partial charge in [-0.3, -0.25) is 9.59 Å². The highest BCUT2D eigenvalue weighted by Gasteiger charge is 2.45. The normalized spacial score (nSPS) is 19.9. The van der Waals surface area contributed by atoms with Crippen LogP contribution in [0.15, 0.2) is 24.3 Å². The fourth-order valence-corrected chi connectivity index (χ4v) is 3.28. The third-order valence-electron chi connectivity index (χ3n) is 4.83. The lowest BCUT2D eigenvalue weighted by Crippen LogP contribution is -2.53. The van der Waals surface area contributed by atoms with Crippen LogP contribution in [0.2, 0.25) is 5.02 Å². The van der Waals surface area contributed by atoms with Crippen LogP contribution in [-0.2, 0) is 19.1 Å². The number of anilines is 1. The topological polar surface area (TPSA) is 67.9 Å². The molecule has 136 valence electrons. The molecule has 6 nitrogen and oxygen atoms in total. The van der Waals surface area contributed by atoms with E-state index in [0.717, 1.165) is 0 Å². The van der Waals surface area contributed by atoms with E-state index in [2.05, 4.69) is 5.32 Å². The largest absolute Gasteiger partial charge is 0.347 e. The van der Waals surface area contributed by atoms with Crippen molar-refractivity contribution in [1.82, 2.24) is 4.90 Å². The van der Waals surface area contributed by atoms with Crippen LogP contribution in [0.3, 0.4) is 0 Å². The number of carbonyl (C=O) groups is 2. The SMILES string of the molecule is CC(C)(C(=O)Nc1ccc(Cl)cc1)C(=O)N1CCC2(CC1)OCCO2. The van der Waals surface area contributed by atoms with Crippen LogP contribution < -0.4 is 5.32 Å². The van der Waals surface area contributed by atoms with E-state index >= 15 is 0 Å². The number of likely N-dealkylation sites (tertiary alicyclic amines) is 1. The van der Waals surface area contributed by atoms with Crippen molar-refractivity contribution in [3.63, 3.8) is 0 Å². The number of piperidine rings is 1. The van der Waals surface area contributed by atoms with Crippen LogP contribution in [0.5, 0.6) is 0 Å². The lowest BCUT2D eigenvalue weighted by atomic mass is 9.88. The molecule has 25 heavy (non-hydrogen) atoms. The van der Waals surface area contributed by atoms with Crippen molar-refractivity contribution in [2.24, 2.45) is 5.41 Å². The smallest absolute Gasteiger partial charge is 0.239 e. The Morgan fingerprint density at radius 2 is 1.68 bits per heavy atom. The molecule has 0 saturated carbocycles. The zero-order valence-electron chi connectivity index (χ0n) is 14.5. The van der Waals surface area contributed by atoms with E-state index in [0.29, 0.717) is 49.9 Å². The van der Waals surface area contributed by atoms with Gasteiger partial charge in [0, 0.05) is 36.6 Å². The van der Waals surface area contributed by atoms with Gasteiger partial charge in [0.2, 0.25) is 11.8 Å². The van der Waals surface area contributed by atoms with Crippen LogP contribution in [0.1, 0.15) is 26.7 Å². The maximum atomic E-state index is 12.9. The second-order valence-electron chi connectivity index (χ2n) is 6.99.